The van der Waals surface area contributed by atoms with Crippen molar-refractivity contribution in [1.29, 1.82) is 0 Å². The molecular weight excluding hydrogens is 334 g/mol. The summed E-state index contributed by atoms with van der Waals surface area (Å²) < 4.78 is 7.53. The van der Waals surface area contributed by atoms with Gasteiger partial charge < -0.3 is 14.0 Å². The molecule has 0 spiro atoms. The van der Waals surface area contributed by atoms with Crippen molar-refractivity contribution in [3.63, 3.8) is 0 Å². The molecule has 4 aromatic rings. The molecule has 2 aromatic heterocycles. The number of ether oxygens (including phenoxy) is 1. The fraction of sp³-hybridized carbons (Fsp3) is 0.174. The number of imidazole rings is 1. The van der Waals surface area contributed by atoms with E-state index in [4.69, 9.17) is 9.72 Å². The normalized spacial score (nSPS) is 10.9. The van der Waals surface area contributed by atoms with Crippen molar-refractivity contribution in [2.24, 2.45) is 0 Å². The highest BCUT2D eigenvalue weighted by molar-refractivity contribution is 5.68. The number of hydrogen-bond acceptors (Lipinski definition) is 3. The van der Waals surface area contributed by atoms with Crippen LogP contribution in [0.25, 0.3) is 16.9 Å². The number of anilines is 1. The van der Waals surface area contributed by atoms with Crippen LogP contribution in [0.4, 0.5) is 5.69 Å². The zero-order valence-corrected chi connectivity index (χ0v) is 15.9. The summed E-state index contributed by atoms with van der Waals surface area (Å²) in [5.74, 6) is 0.814. The highest BCUT2D eigenvalue weighted by Crippen LogP contribution is 2.28. The summed E-state index contributed by atoms with van der Waals surface area (Å²) in [6.07, 6.45) is 2.85. The van der Waals surface area contributed by atoms with Gasteiger partial charge in [-0.25, -0.2) is 4.98 Å². The molecule has 0 aliphatic heterocycles. The number of aromatic nitrogens is 2. The fourth-order valence-electron chi connectivity index (χ4n) is 3.31. The van der Waals surface area contributed by atoms with Crippen LogP contribution >= 0.6 is 0 Å². The largest absolute Gasteiger partial charge is 0.497 e. The van der Waals surface area contributed by atoms with E-state index in [1.807, 2.05) is 24.4 Å². The number of methoxy groups -OCH3 is 1. The second-order valence-corrected chi connectivity index (χ2v) is 6.81. The van der Waals surface area contributed by atoms with Crippen LogP contribution in [0.15, 0.2) is 72.9 Å². The van der Waals surface area contributed by atoms with Crippen LogP contribution in [0, 0.1) is 0 Å². The summed E-state index contributed by atoms with van der Waals surface area (Å²) in [6.45, 7) is 0. The van der Waals surface area contributed by atoms with Crippen molar-refractivity contribution < 1.29 is 4.74 Å². The van der Waals surface area contributed by atoms with Crippen LogP contribution in [0.5, 0.6) is 5.75 Å². The third kappa shape index (κ3) is 3.38. The Morgan fingerprint density at radius 3 is 2.37 bits per heavy atom. The predicted octanol–water partition coefficient (Wildman–Crippen LogP) is 4.67. The number of benzene rings is 2. The molecule has 0 N–H and O–H groups in total. The van der Waals surface area contributed by atoms with Gasteiger partial charge in [-0.3, -0.25) is 0 Å². The SMILES string of the molecule is COc1ccn2c(Cc3ccc(N(C)C)cc3)c(-c3ccccc3)nc2c1. The zero-order chi connectivity index (χ0) is 18.8. The summed E-state index contributed by atoms with van der Waals surface area (Å²) in [4.78, 5) is 7.02. The Hall–Kier alpha value is -3.27. The first-order valence-electron chi connectivity index (χ1n) is 9.02. The zero-order valence-electron chi connectivity index (χ0n) is 15.9. The Balaban J connectivity index is 1.81. The minimum Gasteiger partial charge on any atom is -0.497 e. The Bertz CT molecular complexity index is 1050. The number of nitrogens with zero attached hydrogens (tertiary/aromatic N) is 3. The van der Waals surface area contributed by atoms with Crippen LogP contribution < -0.4 is 9.64 Å². The first-order valence-corrected chi connectivity index (χ1v) is 9.02. The average molecular weight is 357 g/mol. The van der Waals surface area contributed by atoms with E-state index in [2.05, 4.69) is 71.9 Å². The maximum absolute atomic E-state index is 5.37. The number of rotatable bonds is 5. The lowest BCUT2D eigenvalue weighted by molar-refractivity contribution is 0.414. The van der Waals surface area contributed by atoms with Crippen molar-refractivity contribution in [1.82, 2.24) is 9.38 Å². The minimum atomic E-state index is 0.811. The van der Waals surface area contributed by atoms with Gasteiger partial charge in [0.1, 0.15) is 11.4 Å². The average Bonchev–Trinajstić information content (AvgIpc) is 3.06. The molecule has 4 rings (SSSR count). The molecule has 27 heavy (non-hydrogen) atoms. The fourth-order valence-corrected chi connectivity index (χ4v) is 3.31. The summed E-state index contributed by atoms with van der Waals surface area (Å²) >= 11 is 0. The van der Waals surface area contributed by atoms with Crippen LogP contribution in [0.2, 0.25) is 0 Å². The molecule has 0 atom stereocenters. The van der Waals surface area contributed by atoms with Gasteiger partial charge in [0.15, 0.2) is 0 Å². The van der Waals surface area contributed by atoms with Gasteiger partial charge in [0.2, 0.25) is 0 Å². The van der Waals surface area contributed by atoms with Gasteiger partial charge in [0, 0.05) is 44.0 Å². The van der Waals surface area contributed by atoms with Crippen molar-refractivity contribution in [3.8, 4) is 17.0 Å². The van der Waals surface area contributed by atoms with Gasteiger partial charge in [-0.2, -0.15) is 0 Å². The van der Waals surface area contributed by atoms with Crippen molar-refractivity contribution >= 4 is 11.3 Å². The lowest BCUT2D eigenvalue weighted by atomic mass is 10.0. The molecule has 0 saturated heterocycles. The monoisotopic (exact) mass is 357 g/mol. The van der Waals surface area contributed by atoms with Crippen molar-refractivity contribution in [2.75, 3.05) is 26.1 Å². The third-order valence-electron chi connectivity index (χ3n) is 4.80. The molecule has 0 amide bonds. The molecular formula is C23H23N3O. The summed E-state index contributed by atoms with van der Waals surface area (Å²) in [6, 6.07) is 23.0. The van der Waals surface area contributed by atoms with Gasteiger partial charge in [0.05, 0.1) is 18.5 Å². The smallest absolute Gasteiger partial charge is 0.141 e. The van der Waals surface area contributed by atoms with Gasteiger partial charge in [-0.1, -0.05) is 42.5 Å². The predicted molar refractivity (Wildman–Crippen MR) is 111 cm³/mol. The molecule has 0 unspecified atom stereocenters. The maximum Gasteiger partial charge on any atom is 0.141 e. The molecule has 4 heteroatoms. The first-order chi connectivity index (χ1) is 13.2. The highest BCUT2D eigenvalue weighted by atomic mass is 16.5. The maximum atomic E-state index is 5.37. The second kappa shape index (κ2) is 7.16. The molecule has 2 heterocycles. The van der Waals surface area contributed by atoms with E-state index in [1.165, 1.54) is 16.9 Å². The molecule has 0 aliphatic rings. The lowest BCUT2D eigenvalue weighted by Gasteiger charge is -2.13. The lowest BCUT2D eigenvalue weighted by Crippen LogP contribution is -2.08. The van der Waals surface area contributed by atoms with Crippen LogP contribution in [-0.4, -0.2) is 30.6 Å². The van der Waals surface area contributed by atoms with E-state index in [9.17, 15) is 0 Å². The standard InChI is InChI=1S/C23H23N3O/c1-25(2)19-11-9-17(10-12-19)15-21-23(18-7-5-4-6-8-18)24-22-16-20(27-3)13-14-26(21)22/h4-14,16H,15H2,1-3H3. The Labute approximate surface area is 159 Å². The first kappa shape index (κ1) is 17.2. The highest BCUT2D eigenvalue weighted by Gasteiger charge is 2.15. The molecule has 136 valence electrons. The van der Waals surface area contributed by atoms with E-state index in [0.29, 0.717) is 0 Å². The molecule has 2 aromatic carbocycles. The molecule has 0 saturated carbocycles. The van der Waals surface area contributed by atoms with E-state index >= 15 is 0 Å². The van der Waals surface area contributed by atoms with Gasteiger partial charge in [-0.15, -0.1) is 0 Å². The number of fused-ring (bicyclic) bond motifs is 1. The van der Waals surface area contributed by atoms with E-state index in [0.717, 1.165) is 29.1 Å². The minimum absolute atomic E-state index is 0.811. The number of hydrogen-bond donors (Lipinski definition) is 0. The van der Waals surface area contributed by atoms with Crippen LogP contribution in [0.1, 0.15) is 11.3 Å². The van der Waals surface area contributed by atoms with E-state index in [1.54, 1.807) is 7.11 Å². The summed E-state index contributed by atoms with van der Waals surface area (Å²) in [5.41, 5.74) is 6.67. The quantitative estimate of drug-likeness (QED) is 0.520. The van der Waals surface area contributed by atoms with Crippen molar-refractivity contribution in [2.45, 2.75) is 6.42 Å². The van der Waals surface area contributed by atoms with E-state index in [-0.39, 0.29) is 0 Å². The van der Waals surface area contributed by atoms with Gasteiger partial charge in [0.25, 0.3) is 0 Å². The third-order valence-corrected chi connectivity index (χ3v) is 4.80. The van der Waals surface area contributed by atoms with Crippen LogP contribution in [0.3, 0.4) is 0 Å². The summed E-state index contributed by atoms with van der Waals surface area (Å²) in [7, 11) is 5.79. The number of pyridine rings is 1. The molecule has 0 fully saturated rings. The van der Waals surface area contributed by atoms with E-state index < -0.39 is 0 Å². The Morgan fingerprint density at radius 2 is 1.70 bits per heavy atom. The molecule has 0 bridgehead atoms. The summed E-state index contributed by atoms with van der Waals surface area (Å²) in [5, 5.41) is 0. The molecule has 0 radical (unpaired) electrons. The van der Waals surface area contributed by atoms with Crippen molar-refractivity contribution in [3.05, 3.63) is 84.2 Å². The molecule has 0 aliphatic carbocycles. The van der Waals surface area contributed by atoms with Gasteiger partial charge >= 0.3 is 0 Å². The van der Waals surface area contributed by atoms with Gasteiger partial charge in [-0.05, 0) is 23.8 Å². The Kier molecular flexibility index (Phi) is 4.55. The van der Waals surface area contributed by atoms with Crippen LogP contribution in [-0.2, 0) is 6.42 Å². The second-order valence-electron chi connectivity index (χ2n) is 6.81. The topological polar surface area (TPSA) is 29.8 Å². The molecule has 4 nitrogen and oxygen atoms in total. The Morgan fingerprint density at radius 1 is 0.963 bits per heavy atom.